The van der Waals surface area contributed by atoms with Gasteiger partial charge in [0.05, 0.1) is 5.56 Å². The van der Waals surface area contributed by atoms with Gasteiger partial charge in [0.1, 0.15) is 17.4 Å². The summed E-state index contributed by atoms with van der Waals surface area (Å²) < 4.78 is 15.5. The summed E-state index contributed by atoms with van der Waals surface area (Å²) in [5, 5.41) is 12.7. The summed E-state index contributed by atoms with van der Waals surface area (Å²) >= 11 is 1.23. The number of anilines is 1. The third kappa shape index (κ3) is 3.75. The number of phenolic OH excluding ortho intramolecular Hbond substituents is 1. The van der Waals surface area contributed by atoms with Gasteiger partial charge in [0.2, 0.25) is 5.91 Å². The number of fused-ring (bicyclic) bond motifs is 1. The fraction of sp³-hybridized carbons (Fsp3) is 0.190. The van der Waals surface area contributed by atoms with Gasteiger partial charge in [-0.1, -0.05) is 42.1 Å². The Morgan fingerprint density at radius 2 is 1.93 bits per heavy atom. The second-order valence-corrected chi connectivity index (χ2v) is 7.74. The lowest BCUT2D eigenvalue weighted by Gasteiger charge is -2.27. The van der Waals surface area contributed by atoms with Crippen LogP contribution in [0, 0.1) is 5.82 Å². The Bertz CT molecular complexity index is 1140. The van der Waals surface area contributed by atoms with Gasteiger partial charge in [-0.25, -0.2) is 4.39 Å². The van der Waals surface area contributed by atoms with Crippen molar-refractivity contribution in [2.45, 2.75) is 23.2 Å². The molecule has 148 valence electrons. The molecule has 0 unspecified atom stereocenters. The summed E-state index contributed by atoms with van der Waals surface area (Å²) in [6, 6.07) is 12.9. The summed E-state index contributed by atoms with van der Waals surface area (Å²) in [5.41, 5.74) is 1.25. The summed E-state index contributed by atoms with van der Waals surface area (Å²) in [4.78, 5) is 29.4. The van der Waals surface area contributed by atoms with Gasteiger partial charge in [-0.2, -0.15) is 4.98 Å². The minimum absolute atomic E-state index is 0.111. The third-order valence-corrected chi connectivity index (χ3v) is 5.99. The molecule has 1 amide bonds. The number of phenols is 1. The highest BCUT2D eigenvalue weighted by Crippen LogP contribution is 2.36. The predicted octanol–water partition coefficient (Wildman–Crippen LogP) is 3.39. The van der Waals surface area contributed by atoms with Crippen molar-refractivity contribution in [3.8, 4) is 5.75 Å². The fourth-order valence-corrected chi connectivity index (χ4v) is 4.36. The number of benzene rings is 2. The van der Waals surface area contributed by atoms with Gasteiger partial charge in [-0.15, -0.1) is 0 Å². The summed E-state index contributed by atoms with van der Waals surface area (Å²) in [6.45, 7) is 0. The lowest BCUT2D eigenvalue weighted by Crippen LogP contribution is -2.33. The standard InChI is InChI=1S/C21H18FN3O3S/c1-25-19-18(15(10-17(27)23-19)12-6-8-14(26)9-7-12)20(28)24-21(25)29-11-13-4-2-3-5-16(13)22/h2-9,15,26H,10-11H2,1H3,(H,23,27)/t15-/m0/s1. The van der Waals surface area contributed by atoms with Crippen LogP contribution in [-0.4, -0.2) is 20.6 Å². The highest BCUT2D eigenvalue weighted by molar-refractivity contribution is 7.98. The van der Waals surface area contributed by atoms with Crippen molar-refractivity contribution in [3.63, 3.8) is 0 Å². The van der Waals surface area contributed by atoms with Crippen LogP contribution in [0.1, 0.15) is 29.0 Å². The van der Waals surface area contributed by atoms with E-state index in [1.165, 1.54) is 30.0 Å². The Kier molecular flexibility index (Phi) is 5.10. The van der Waals surface area contributed by atoms with Crippen LogP contribution >= 0.6 is 11.8 Å². The first-order chi connectivity index (χ1) is 13.9. The summed E-state index contributed by atoms with van der Waals surface area (Å²) in [5.74, 6) is -0.154. The van der Waals surface area contributed by atoms with Crippen LogP contribution in [0.4, 0.5) is 10.2 Å². The monoisotopic (exact) mass is 411 g/mol. The number of nitrogens with one attached hydrogen (secondary N) is 1. The molecule has 29 heavy (non-hydrogen) atoms. The van der Waals surface area contributed by atoms with E-state index in [9.17, 15) is 19.1 Å². The first-order valence-electron chi connectivity index (χ1n) is 9.00. The highest BCUT2D eigenvalue weighted by Gasteiger charge is 2.32. The quantitative estimate of drug-likeness (QED) is 0.508. The Hall–Kier alpha value is -3.13. The predicted molar refractivity (Wildman–Crippen MR) is 109 cm³/mol. The zero-order valence-electron chi connectivity index (χ0n) is 15.6. The zero-order valence-corrected chi connectivity index (χ0v) is 16.4. The minimum atomic E-state index is -0.448. The molecule has 1 aromatic heterocycles. The molecule has 0 aliphatic carbocycles. The smallest absolute Gasteiger partial charge is 0.279 e. The van der Waals surface area contributed by atoms with Crippen LogP contribution in [0.3, 0.4) is 0 Å². The normalized spacial score (nSPS) is 15.7. The summed E-state index contributed by atoms with van der Waals surface area (Å²) in [6.07, 6.45) is 0.121. The topological polar surface area (TPSA) is 84.2 Å². The SMILES string of the molecule is Cn1c(SCc2ccccc2F)nc(=O)c2c1NC(=O)C[C@H]2c1ccc(O)cc1. The molecule has 1 atom stereocenters. The molecule has 0 saturated carbocycles. The van der Waals surface area contributed by atoms with Crippen LogP contribution < -0.4 is 10.9 Å². The molecule has 1 aliphatic heterocycles. The highest BCUT2D eigenvalue weighted by atomic mass is 32.2. The maximum absolute atomic E-state index is 13.9. The van der Waals surface area contributed by atoms with Crippen molar-refractivity contribution < 1.29 is 14.3 Å². The molecule has 0 bridgehead atoms. The number of thioether (sulfide) groups is 1. The molecular formula is C21H18FN3O3S. The number of hydrogen-bond acceptors (Lipinski definition) is 5. The van der Waals surface area contributed by atoms with Crippen LogP contribution in [-0.2, 0) is 17.6 Å². The van der Waals surface area contributed by atoms with Gasteiger partial charge in [0.25, 0.3) is 5.56 Å². The molecule has 0 radical (unpaired) electrons. The maximum atomic E-state index is 13.9. The first kappa shape index (κ1) is 19.2. The number of hydrogen-bond donors (Lipinski definition) is 2. The van der Waals surface area contributed by atoms with Crippen molar-refractivity contribution in [1.29, 1.82) is 0 Å². The van der Waals surface area contributed by atoms with E-state index < -0.39 is 11.5 Å². The largest absolute Gasteiger partial charge is 0.508 e. The van der Waals surface area contributed by atoms with Gasteiger partial charge in [-0.05, 0) is 29.3 Å². The van der Waals surface area contributed by atoms with E-state index in [0.29, 0.717) is 27.9 Å². The van der Waals surface area contributed by atoms with E-state index in [-0.39, 0.29) is 23.9 Å². The molecular weight excluding hydrogens is 393 g/mol. The molecule has 0 spiro atoms. The lowest BCUT2D eigenvalue weighted by molar-refractivity contribution is -0.116. The Morgan fingerprint density at radius 1 is 1.21 bits per heavy atom. The molecule has 3 aromatic rings. The van der Waals surface area contributed by atoms with Crippen molar-refractivity contribution in [1.82, 2.24) is 9.55 Å². The van der Waals surface area contributed by atoms with E-state index in [4.69, 9.17) is 0 Å². The second kappa shape index (κ2) is 7.71. The average molecular weight is 411 g/mol. The number of aromatic nitrogens is 2. The Balaban J connectivity index is 1.72. The number of aromatic hydroxyl groups is 1. The average Bonchev–Trinajstić information content (AvgIpc) is 2.70. The molecule has 2 aromatic carbocycles. The molecule has 0 saturated heterocycles. The number of amides is 1. The molecule has 2 N–H and O–H groups in total. The van der Waals surface area contributed by atoms with Crippen LogP contribution in [0.25, 0.3) is 0 Å². The van der Waals surface area contributed by atoms with E-state index in [1.54, 1.807) is 41.9 Å². The van der Waals surface area contributed by atoms with Crippen molar-refractivity contribution in [2.24, 2.45) is 7.05 Å². The van der Waals surface area contributed by atoms with Gasteiger partial charge in [0, 0.05) is 25.1 Å². The van der Waals surface area contributed by atoms with Gasteiger partial charge >= 0.3 is 0 Å². The number of nitrogens with zero attached hydrogens (tertiary/aromatic N) is 2. The number of carbonyl (C=O) groups excluding carboxylic acids is 1. The van der Waals surface area contributed by atoms with E-state index in [0.717, 1.165) is 5.56 Å². The second-order valence-electron chi connectivity index (χ2n) is 6.80. The fourth-order valence-electron chi connectivity index (χ4n) is 3.41. The number of carbonyl (C=O) groups is 1. The molecule has 8 heteroatoms. The van der Waals surface area contributed by atoms with Crippen LogP contribution in [0.5, 0.6) is 5.75 Å². The number of rotatable bonds is 4. The molecule has 2 heterocycles. The van der Waals surface area contributed by atoms with Gasteiger partial charge < -0.3 is 15.0 Å². The van der Waals surface area contributed by atoms with Crippen molar-refractivity contribution >= 4 is 23.5 Å². The van der Waals surface area contributed by atoms with Crippen LogP contribution in [0.15, 0.2) is 58.5 Å². The van der Waals surface area contributed by atoms with Crippen LogP contribution in [0.2, 0.25) is 0 Å². The van der Waals surface area contributed by atoms with Crippen molar-refractivity contribution in [2.75, 3.05) is 5.32 Å². The Morgan fingerprint density at radius 3 is 2.66 bits per heavy atom. The van der Waals surface area contributed by atoms with Gasteiger partial charge in [0.15, 0.2) is 5.16 Å². The first-order valence-corrected chi connectivity index (χ1v) is 9.98. The minimum Gasteiger partial charge on any atom is -0.508 e. The molecule has 1 aliphatic rings. The Labute approximate surface area is 170 Å². The zero-order chi connectivity index (χ0) is 20.5. The van der Waals surface area contributed by atoms with Gasteiger partial charge in [-0.3, -0.25) is 9.59 Å². The summed E-state index contributed by atoms with van der Waals surface area (Å²) in [7, 11) is 1.72. The van der Waals surface area contributed by atoms with E-state index in [1.807, 2.05) is 0 Å². The molecule has 6 nitrogen and oxygen atoms in total. The maximum Gasteiger partial charge on any atom is 0.279 e. The van der Waals surface area contributed by atoms with E-state index in [2.05, 4.69) is 10.3 Å². The van der Waals surface area contributed by atoms with Crippen molar-refractivity contribution in [3.05, 3.63) is 81.4 Å². The molecule has 0 fully saturated rings. The third-order valence-electron chi connectivity index (χ3n) is 4.91. The number of halogens is 1. The lowest BCUT2D eigenvalue weighted by atomic mass is 9.87. The molecule has 4 rings (SSSR count). The van der Waals surface area contributed by atoms with E-state index >= 15 is 0 Å².